The second kappa shape index (κ2) is 4.03. The Morgan fingerprint density at radius 3 is 2.13 bits per heavy atom. The van der Waals surface area contributed by atoms with E-state index in [9.17, 15) is 8.42 Å². The van der Waals surface area contributed by atoms with E-state index in [1.54, 1.807) is 25.1 Å². The third kappa shape index (κ3) is 2.52. The largest absolute Gasteiger partial charge is 0.301 e. The molecule has 0 amide bonds. The lowest BCUT2D eigenvalue weighted by molar-refractivity contribution is 0.158. The first-order valence-corrected chi connectivity index (χ1v) is 6.80. The van der Waals surface area contributed by atoms with E-state index >= 15 is 0 Å². The lowest BCUT2D eigenvalue weighted by Crippen LogP contribution is -2.55. The lowest BCUT2D eigenvalue weighted by atomic mass is 10.2. The fourth-order valence-corrected chi connectivity index (χ4v) is 3.13. The van der Waals surface area contributed by atoms with Crippen LogP contribution in [0.15, 0.2) is 0 Å². The second-order valence-electron chi connectivity index (χ2n) is 5.31. The summed E-state index contributed by atoms with van der Waals surface area (Å²) >= 11 is 0. The smallest absolute Gasteiger partial charge is 0.219 e. The minimum absolute atomic E-state index is 0.302. The van der Waals surface area contributed by atoms with Crippen molar-refractivity contribution in [2.24, 2.45) is 0 Å². The van der Waals surface area contributed by atoms with Gasteiger partial charge in [-0.1, -0.05) is 0 Å². The van der Waals surface area contributed by atoms with Gasteiger partial charge in [0.1, 0.15) is 0 Å². The first kappa shape index (κ1) is 12.9. The van der Waals surface area contributed by atoms with Gasteiger partial charge in [0.25, 0.3) is 0 Å². The summed E-state index contributed by atoms with van der Waals surface area (Å²) in [5.41, 5.74) is 0. The molecule has 5 heteroatoms. The summed E-state index contributed by atoms with van der Waals surface area (Å²) in [6.45, 7) is 9.36. The molecular formula is C10H22N2O2S. The fourth-order valence-electron chi connectivity index (χ4n) is 1.62. The molecule has 0 spiro atoms. The summed E-state index contributed by atoms with van der Waals surface area (Å²) in [4.78, 5) is 2.19. The van der Waals surface area contributed by atoms with Crippen LogP contribution in [-0.4, -0.2) is 55.1 Å². The normalized spacial score (nSPS) is 26.9. The highest BCUT2D eigenvalue weighted by Gasteiger charge is 2.37. The number of likely N-dealkylation sites (N-methyl/N-ethyl adjacent to an activating group) is 1. The van der Waals surface area contributed by atoms with Crippen LogP contribution in [0.5, 0.6) is 0 Å². The quantitative estimate of drug-likeness (QED) is 0.672. The summed E-state index contributed by atoms with van der Waals surface area (Å²) < 4.78 is 25.3. The summed E-state index contributed by atoms with van der Waals surface area (Å²) in [7, 11) is -1.12. The Hall–Kier alpha value is -0.130. The lowest BCUT2D eigenvalue weighted by Gasteiger charge is -2.39. The summed E-state index contributed by atoms with van der Waals surface area (Å²) in [6.07, 6.45) is 0. The van der Waals surface area contributed by atoms with Crippen LogP contribution >= 0.6 is 0 Å². The van der Waals surface area contributed by atoms with Crippen LogP contribution in [0.2, 0.25) is 0 Å². The maximum atomic E-state index is 12.2. The molecule has 0 aromatic rings. The molecule has 4 nitrogen and oxygen atoms in total. The molecule has 0 aliphatic carbocycles. The molecule has 0 N–H and O–H groups in total. The number of hydrogen-bond donors (Lipinski definition) is 0. The maximum absolute atomic E-state index is 12.2. The average molecular weight is 234 g/mol. The first-order chi connectivity index (χ1) is 6.66. The minimum Gasteiger partial charge on any atom is -0.301 e. The van der Waals surface area contributed by atoms with Crippen molar-refractivity contribution in [2.75, 3.05) is 26.7 Å². The van der Waals surface area contributed by atoms with Crippen molar-refractivity contribution in [3.05, 3.63) is 0 Å². The van der Waals surface area contributed by atoms with Crippen LogP contribution in [0.3, 0.4) is 0 Å². The number of piperazine rings is 1. The molecular weight excluding hydrogens is 212 g/mol. The first-order valence-electron chi connectivity index (χ1n) is 5.36. The van der Waals surface area contributed by atoms with Gasteiger partial charge in [-0.05, 0) is 34.7 Å². The van der Waals surface area contributed by atoms with E-state index in [0.29, 0.717) is 19.1 Å². The zero-order valence-corrected chi connectivity index (χ0v) is 11.1. The Kier molecular flexibility index (Phi) is 3.48. The van der Waals surface area contributed by atoms with Crippen LogP contribution in [0.25, 0.3) is 0 Å². The van der Waals surface area contributed by atoms with Crippen LogP contribution in [-0.2, 0) is 10.0 Å². The van der Waals surface area contributed by atoms with Gasteiger partial charge >= 0.3 is 0 Å². The molecule has 0 aromatic heterocycles. The summed E-state index contributed by atoms with van der Waals surface area (Å²) in [6, 6.07) is 0.302. The van der Waals surface area contributed by atoms with Crippen LogP contribution in [0, 0.1) is 0 Å². The van der Waals surface area contributed by atoms with Gasteiger partial charge in [-0.3, -0.25) is 0 Å². The van der Waals surface area contributed by atoms with Crippen molar-refractivity contribution in [2.45, 2.75) is 38.5 Å². The van der Waals surface area contributed by atoms with Gasteiger partial charge in [0.15, 0.2) is 0 Å². The van der Waals surface area contributed by atoms with Crippen molar-refractivity contribution >= 4 is 10.0 Å². The Bertz CT molecular complexity index is 319. The summed E-state index contributed by atoms with van der Waals surface area (Å²) in [5.74, 6) is 0. The zero-order valence-electron chi connectivity index (χ0n) is 10.3. The van der Waals surface area contributed by atoms with E-state index in [0.717, 1.165) is 6.54 Å². The molecule has 1 aliphatic rings. The predicted octanol–water partition coefficient (Wildman–Crippen LogP) is 0.751. The van der Waals surface area contributed by atoms with Gasteiger partial charge < -0.3 is 4.90 Å². The van der Waals surface area contributed by atoms with Crippen LogP contribution in [0.4, 0.5) is 0 Å². The van der Waals surface area contributed by atoms with Gasteiger partial charge in [0.2, 0.25) is 10.0 Å². The molecule has 1 saturated heterocycles. The molecule has 0 radical (unpaired) electrons. The molecule has 1 aliphatic heterocycles. The zero-order chi connectivity index (χ0) is 11.9. The van der Waals surface area contributed by atoms with Crippen molar-refractivity contribution in [1.29, 1.82) is 0 Å². The molecule has 1 rings (SSSR count). The Morgan fingerprint density at radius 2 is 1.73 bits per heavy atom. The van der Waals surface area contributed by atoms with E-state index in [1.807, 2.05) is 7.05 Å². The van der Waals surface area contributed by atoms with E-state index in [1.165, 1.54) is 0 Å². The molecule has 90 valence electrons. The molecule has 1 fully saturated rings. The fraction of sp³-hybridized carbons (Fsp3) is 1.00. The SMILES string of the molecule is CC1CN(S(=O)(=O)C(C)(C)C)CCN1C. The number of rotatable bonds is 1. The molecule has 0 bridgehead atoms. The van der Waals surface area contributed by atoms with Crippen molar-refractivity contribution in [3.8, 4) is 0 Å². The third-order valence-corrected chi connectivity index (χ3v) is 5.60. The van der Waals surface area contributed by atoms with Gasteiger partial charge in [-0.25, -0.2) is 8.42 Å². The van der Waals surface area contributed by atoms with Gasteiger partial charge in [0.05, 0.1) is 4.75 Å². The van der Waals surface area contributed by atoms with E-state index in [-0.39, 0.29) is 0 Å². The van der Waals surface area contributed by atoms with E-state index in [2.05, 4.69) is 11.8 Å². The highest BCUT2D eigenvalue weighted by Crippen LogP contribution is 2.22. The second-order valence-corrected chi connectivity index (χ2v) is 8.00. The standard InChI is InChI=1S/C10H22N2O2S/c1-9-8-12(7-6-11(9)5)15(13,14)10(2,3)4/h9H,6-8H2,1-5H3. The van der Waals surface area contributed by atoms with E-state index in [4.69, 9.17) is 0 Å². The van der Waals surface area contributed by atoms with Gasteiger partial charge in [0, 0.05) is 25.7 Å². The third-order valence-electron chi connectivity index (χ3n) is 3.04. The van der Waals surface area contributed by atoms with Crippen molar-refractivity contribution < 1.29 is 8.42 Å². The number of hydrogen-bond acceptors (Lipinski definition) is 3. The van der Waals surface area contributed by atoms with E-state index < -0.39 is 14.8 Å². The molecule has 1 unspecified atom stereocenters. The number of nitrogens with zero attached hydrogens (tertiary/aromatic N) is 2. The predicted molar refractivity (Wildman–Crippen MR) is 62.3 cm³/mol. The summed E-state index contributed by atoms with van der Waals surface area (Å²) in [5, 5.41) is 0. The van der Waals surface area contributed by atoms with Crippen LogP contribution < -0.4 is 0 Å². The van der Waals surface area contributed by atoms with Crippen molar-refractivity contribution in [3.63, 3.8) is 0 Å². The minimum atomic E-state index is -3.15. The van der Waals surface area contributed by atoms with Crippen LogP contribution in [0.1, 0.15) is 27.7 Å². The Morgan fingerprint density at radius 1 is 1.20 bits per heavy atom. The molecule has 1 atom stereocenters. The molecule has 0 saturated carbocycles. The molecule has 0 aromatic carbocycles. The van der Waals surface area contributed by atoms with Gasteiger partial charge in [-0.15, -0.1) is 0 Å². The van der Waals surface area contributed by atoms with Crippen molar-refractivity contribution in [1.82, 2.24) is 9.21 Å². The average Bonchev–Trinajstić information content (AvgIpc) is 2.07. The maximum Gasteiger partial charge on any atom is 0.219 e. The topological polar surface area (TPSA) is 40.6 Å². The highest BCUT2D eigenvalue weighted by molar-refractivity contribution is 7.90. The Labute approximate surface area is 93.3 Å². The number of sulfonamides is 1. The molecule has 1 heterocycles. The Balaban J connectivity index is 2.83. The highest BCUT2D eigenvalue weighted by atomic mass is 32.2. The van der Waals surface area contributed by atoms with Gasteiger partial charge in [-0.2, -0.15) is 4.31 Å². The monoisotopic (exact) mass is 234 g/mol. The molecule has 15 heavy (non-hydrogen) atoms.